The molecule has 0 N–H and O–H groups in total. The third-order valence-electron chi connectivity index (χ3n) is 3.22. The maximum absolute atomic E-state index is 12.0. The number of hydrogen-bond acceptors (Lipinski definition) is 2. The molecule has 0 saturated heterocycles. The van der Waals surface area contributed by atoms with E-state index in [1.54, 1.807) is 24.3 Å². The number of carbonyl (C=O) groups excluding carboxylic acids is 2. The molecule has 1 aliphatic heterocycles. The summed E-state index contributed by atoms with van der Waals surface area (Å²) in [7, 11) is 0. The summed E-state index contributed by atoms with van der Waals surface area (Å²) < 4.78 is 0. The first-order valence-electron chi connectivity index (χ1n) is 6.24. The Labute approximate surface area is 115 Å². The van der Waals surface area contributed by atoms with Crippen molar-refractivity contribution in [3.05, 3.63) is 35.4 Å². The molecule has 0 saturated carbocycles. The largest absolute Gasteiger partial charge is 0.274 e. The minimum atomic E-state index is -0.154. The van der Waals surface area contributed by atoms with Gasteiger partial charge in [-0.05, 0) is 31.4 Å². The monoisotopic (exact) mass is 309 g/mol. The fraction of sp³-hybridized carbons (Fsp3) is 0.429. The van der Waals surface area contributed by atoms with E-state index in [2.05, 4.69) is 22.9 Å². The van der Waals surface area contributed by atoms with Gasteiger partial charge in [0.25, 0.3) is 11.8 Å². The second-order valence-electron chi connectivity index (χ2n) is 4.46. The minimum absolute atomic E-state index is 0.154. The number of halogens is 1. The molecule has 1 aliphatic rings. The van der Waals surface area contributed by atoms with Crippen molar-refractivity contribution in [1.82, 2.24) is 4.90 Å². The van der Waals surface area contributed by atoms with Crippen molar-refractivity contribution in [3.8, 4) is 0 Å². The molecule has 96 valence electrons. The summed E-state index contributed by atoms with van der Waals surface area (Å²) in [5, 5.41) is 0. The molecule has 1 heterocycles. The zero-order chi connectivity index (χ0) is 13.1. The van der Waals surface area contributed by atoms with Crippen LogP contribution in [0.5, 0.6) is 0 Å². The van der Waals surface area contributed by atoms with Gasteiger partial charge in [0.15, 0.2) is 0 Å². The SMILES string of the molecule is CCC(Br)CCCN1C(=O)c2ccccc2C1=O. The first-order chi connectivity index (χ1) is 8.65. The van der Waals surface area contributed by atoms with Gasteiger partial charge in [-0.2, -0.15) is 0 Å². The Hall–Kier alpha value is -1.16. The molecule has 18 heavy (non-hydrogen) atoms. The molecular weight excluding hydrogens is 294 g/mol. The summed E-state index contributed by atoms with van der Waals surface area (Å²) >= 11 is 3.56. The number of nitrogens with zero attached hydrogens (tertiary/aromatic N) is 1. The van der Waals surface area contributed by atoms with Crippen LogP contribution < -0.4 is 0 Å². The Bertz CT molecular complexity index is 438. The second-order valence-corrected chi connectivity index (χ2v) is 5.75. The molecule has 4 heteroatoms. The van der Waals surface area contributed by atoms with Crippen LogP contribution in [-0.2, 0) is 0 Å². The average Bonchev–Trinajstić information content (AvgIpc) is 2.64. The standard InChI is InChI=1S/C14H16BrNO2/c1-2-10(15)6-5-9-16-13(17)11-7-3-4-8-12(11)14(16)18/h3-4,7-8,10H,2,5-6,9H2,1H3. The molecule has 2 amide bonds. The normalized spacial score (nSPS) is 16.0. The van der Waals surface area contributed by atoms with E-state index in [4.69, 9.17) is 0 Å². The van der Waals surface area contributed by atoms with E-state index < -0.39 is 0 Å². The third kappa shape index (κ3) is 2.48. The van der Waals surface area contributed by atoms with Gasteiger partial charge in [0.1, 0.15) is 0 Å². The number of alkyl halides is 1. The smallest absolute Gasteiger partial charge is 0.261 e. The molecule has 0 aromatic heterocycles. The summed E-state index contributed by atoms with van der Waals surface area (Å²) in [5.74, 6) is -0.309. The topological polar surface area (TPSA) is 37.4 Å². The van der Waals surface area contributed by atoms with Crippen molar-refractivity contribution in [2.24, 2.45) is 0 Å². The summed E-state index contributed by atoms with van der Waals surface area (Å²) in [6.07, 6.45) is 2.88. The molecular formula is C14H16BrNO2. The molecule has 0 radical (unpaired) electrons. The van der Waals surface area contributed by atoms with E-state index >= 15 is 0 Å². The molecule has 0 fully saturated rings. The number of imide groups is 1. The average molecular weight is 310 g/mol. The van der Waals surface area contributed by atoms with Crippen LogP contribution in [0, 0.1) is 0 Å². The van der Waals surface area contributed by atoms with Crippen LogP contribution in [0.3, 0.4) is 0 Å². The number of carbonyl (C=O) groups is 2. The first kappa shape index (κ1) is 13.3. The van der Waals surface area contributed by atoms with Crippen molar-refractivity contribution in [1.29, 1.82) is 0 Å². The summed E-state index contributed by atoms with van der Waals surface area (Å²) in [4.78, 5) is 25.9. The van der Waals surface area contributed by atoms with E-state index in [0.717, 1.165) is 19.3 Å². The molecule has 0 bridgehead atoms. The van der Waals surface area contributed by atoms with Crippen LogP contribution in [0.2, 0.25) is 0 Å². The van der Waals surface area contributed by atoms with Crippen LogP contribution in [0.4, 0.5) is 0 Å². The van der Waals surface area contributed by atoms with Crippen LogP contribution in [0.15, 0.2) is 24.3 Å². The molecule has 1 atom stereocenters. The Morgan fingerprint density at radius 1 is 1.17 bits per heavy atom. The highest BCUT2D eigenvalue weighted by atomic mass is 79.9. The third-order valence-corrected chi connectivity index (χ3v) is 4.33. The van der Waals surface area contributed by atoms with Gasteiger partial charge < -0.3 is 0 Å². The summed E-state index contributed by atoms with van der Waals surface area (Å²) in [5.41, 5.74) is 1.07. The number of rotatable bonds is 5. The number of amides is 2. The van der Waals surface area contributed by atoms with E-state index in [-0.39, 0.29) is 11.8 Å². The molecule has 1 unspecified atom stereocenters. The first-order valence-corrected chi connectivity index (χ1v) is 7.16. The molecule has 3 nitrogen and oxygen atoms in total. The highest BCUT2D eigenvalue weighted by molar-refractivity contribution is 9.09. The highest BCUT2D eigenvalue weighted by Crippen LogP contribution is 2.23. The van der Waals surface area contributed by atoms with Gasteiger partial charge in [-0.3, -0.25) is 14.5 Å². The zero-order valence-electron chi connectivity index (χ0n) is 10.4. The van der Waals surface area contributed by atoms with Gasteiger partial charge in [-0.25, -0.2) is 0 Å². The van der Waals surface area contributed by atoms with Crippen LogP contribution >= 0.6 is 15.9 Å². The van der Waals surface area contributed by atoms with Crippen molar-refractivity contribution >= 4 is 27.7 Å². The Kier molecular flexibility index (Phi) is 4.17. The van der Waals surface area contributed by atoms with Crippen molar-refractivity contribution in [2.75, 3.05) is 6.54 Å². The van der Waals surface area contributed by atoms with Gasteiger partial charge in [-0.15, -0.1) is 0 Å². The van der Waals surface area contributed by atoms with Crippen molar-refractivity contribution < 1.29 is 9.59 Å². The van der Waals surface area contributed by atoms with Gasteiger partial charge >= 0.3 is 0 Å². The Morgan fingerprint density at radius 2 is 1.72 bits per heavy atom. The van der Waals surface area contributed by atoms with E-state index in [1.807, 2.05) is 0 Å². The van der Waals surface area contributed by atoms with Gasteiger partial charge in [-0.1, -0.05) is 35.0 Å². The van der Waals surface area contributed by atoms with Crippen LogP contribution in [-0.4, -0.2) is 28.1 Å². The predicted molar refractivity (Wildman–Crippen MR) is 74.0 cm³/mol. The van der Waals surface area contributed by atoms with Gasteiger partial charge in [0.2, 0.25) is 0 Å². The quantitative estimate of drug-likeness (QED) is 0.618. The van der Waals surface area contributed by atoms with Crippen molar-refractivity contribution in [3.63, 3.8) is 0 Å². The molecule has 1 aromatic rings. The molecule has 0 spiro atoms. The fourth-order valence-electron chi connectivity index (χ4n) is 2.12. The Balaban J connectivity index is 2.01. The number of hydrogen-bond donors (Lipinski definition) is 0. The highest BCUT2D eigenvalue weighted by Gasteiger charge is 2.34. The van der Waals surface area contributed by atoms with Crippen molar-refractivity contribution in [2.45, 2.75) is 31.0 Å². The molecule has 0 aliphatic carbocycles. The minimum Gasteiger partial charge on any atom is -0.274 e. The summed E-state index contributed by atoms with van der Waals surface area (Å²) in [6.45, 7) is 2.62. The van der Waals surface area contributed by atoms with Crippen LogP contribution in [0.25, 0.3) is 0 Å². The lowest BCUT2D eigenvalue weighted by Crippen LogP contribution is -2.31. The lowest BCUT2D eigenvalue weighted by molar-refractivity contribution is 0.0651. The Morgan fingerprint density at radius 3 is 2.22 bits per heavy atom. The second kappa shape index (κ2) is 5.65. The lowest BCUT2D eigenvalue weighted by atomic mass is 10.1. The summed E-state index contributed by atoms with van der Waals surface area (Å²) in [6, 6.07) is 7.02. The predicted octanol–water partition coefficient (Wildman–Crippen LogP) is 3.24. The molecule has 1 aromatic carbocycles. The van der Waals surface area contributed by atoms with E-state index in [0.29, 0.717) is 22.5 Å². The molecule has 2 rings (SSSR count). The van der Waals surface area contributed by atoms with Gasteiger partial charge in [0, 0.05) is 11.4 Å². The maximum atomic E-state index is 12.0. The van der Waals surface area contributed by atoms with E-state index in [1.165, 1.54) is 4.90 Å². The maximum Gasteiger partial charge on any atom is 0.261 e. The van der Waals surface area contributed by atoms with Gasteiger partial charge in [0.05, 0.1) is 11.1 Å². The fourth-order valence-corrected chi connectivity index (χ4v) is 2.44. The number of benzene rings is 1. The lowest BCUT2D eigenvalue weighted by Gasteiger charge is -2.14. The van der Waals surface area contributed by atoms with E-state index in [9.17, 15) is 9.59 Å². The number of fused-ring (bicyclic) bond motifs is 1. The van der Waals surface area contributed by atoms with Crippen LogP contribution in [0.1, 0.15) is 46.9 Å². The zero-order valence-corrected chi connectivity index (χ0v) is 11.9.